The van der Waals surface area contributed by atoms with Crippen molar-refractivity contribution in [3.05, 3.63) is 40.8 Å². The van der Waals surface area contributed by atoms with Crippen LogP contribution in [-0.4, -0.2) is 29.0 Å². The number of rotatable bonds is 4. The van der Waals surface area contributed by atoms with Gasteiger partial charge in [-0.2, -0.15) is 8.42 Å². The standard InChI is InChI=1S/C14H17N3O4S/c1-8-5-9(2)13(11(6-8)14(18)19)16-22(20,21)12-7-17(4)10(3)15-12/h5-7,16H,1-4H3,(H,18,19). The van der Waals surface area contributed by atoms with Gasteiger partial charge in [0.2, 0.25) is 0 Å². The van der Waals surface area contributed by atoms with E-state index in [-0.39, 0.29) is 16.3 Å². The molecule has 0 radical (unpaired) electrons. The molecule has 0 saturated heterocycles. The fourth-order valence-electron chi connectivity index (χ4n) is 2.11. The van der Waals surface area contributed by atoms with E-state index in [2.05, 4.69) is 9.71 Å². The number of imidazole rings is 1. The third kappa shape index (κ3) is 2.96. The Morgan fingerprint density at radius 2 is 1.91 bits per heavy atom. The molecule has 1 heterocycles. The molecule has 0 fully saturated rings. The van der Waals surface area contributed by atoms with Crippen LogP contribution in [0.4, 0.5) is 5.69 Å². The van der Waals surface area contributed by atoms with Crippen LogP contribution in [0.3, 0.4) is 0 Å². The average molecular weight is 323 g/mol. The largest absolute Gasteiger partial charge is 0.478 e. The van der Waals surface area contributed by atoms with E-state index in [1.807, 2.05) is 0 Å². The number of hydrogen-bond acceptors (Lipinski definition) is 4. The molecule has 22 heavy (non-hydrogen) atoms. The monoisotopic (exact) mass is 323 g/mol. The molecular weight excluding hydrogens is 306 g/mol. The molecule has 1 aromatic heterocycles. The minimum atomic E-state index is -3.95. The van der Waals surface area contributed by atoms with E-state index in [1.165, 1.54) is 12.3 Å². The van der Waals surface area contributed by atoms with Crippen LogP contribution in [-0.2, 0) is 17.1 Å². The minimum Gasteiger partial charge on any atom is -0.478 e. The molecule has 0 atom stereocenters. The van der Waals surface area contributed by atoms with E-state index in [0.717, 1.165) is 5.56 Å². The Bertz CT molecular complexity index is 834. The molecule has 0 bridgehead atoms. The molecule has 2 N–H and O–H groups in total. The summed E-state index contributed by atoms with van der Waals surface area (Å²) in [6.45, 7) is 5.08. The SMILES string of the molecule is Cc1cc(C)c(NS(=O)(=O)c2cn(C)c(C)n2)c(C(=O)O)c1. The number of carboxylic acid groups (broad SMARTS) is 1. The number of anilines is 1. The zero-order valence-electron chi connectivity index (χ0n) is 12.7. The lowest BCUT2D eigenvalue weighted by Crippen LogP contribution is -2.17. The number of benzene rings is 1. The highest BCUT2D eigenvalue weighted by Gasteiger charge is 2.23. The van der Waals surface area contributed by atoms with Gasteiger partial charge < -0.3 is 9.67 Å². The molecule has 0 saturated carbocycles. The topological polar surface area (TPSA) is 101 Å². The second-order valence-corrected chi connectivity index (χ2v) is 6.78. The summed E-state index contributed by atoms with van der Waals surface area (Å²) in [5.74, 6) is -0.652. The van der Waals surface area contributed by atoms with Crippen LogP contribution in [0, 0.1) is 20.8 Å². The normalized spacial score (nSPS) is 11.5. The van der Waals surface area contributed by atoms with Crippen LogP contribution in [0.2, 0.25) is 0 Å². The van der Waals surface area contributed by atoms with Gasteiger partial charge in [0.25, 0.3) is 10.0 Å². The zero-order valence-corrected chi connectivity index (χ0v) is 13.5. The Labute approximate surface area is 128 Å². The van der Waals surface area contributed by atoms with E-state index in [1.54, 1.807) is 38.5 Å². The van der Waals surface area contributed by atoms with Gasteiger partial charge >= 0.3 is 5.97 Å². The molecule has 118 valence electrons. The van der Waals surface area contributed by atoms with Crippen molar-refractivity contribution < 1.29 is 18.3 Å². The summed E-state index contributed by atoms with van der Waals surface area (Å²) in [7, 11) is -2.27. The van der Waals surface area contributed by atoms with E-state index in [0.29, 0.717) is 11.4 Å². The van der Waals surface area contributed by atoms with Gasteiger partial charge in [0.1, 0.15) is 5.82 Å². The van der Waals surface area contributed by atoms with Gasteiger partial charge in [-0.1, -0.05) is 6.07 Å². The molecule has 2 aromatic rings. The van der Waals surface area contributed by atoms with Crippen molar-refractivity contribution in [2.75, 3.05) is 4.72 Å². The molecular formula is C14H17N3O4S. The Balaban J connectivity index is 2.52. The predicted octanol–water partition coefficient (Wildman–Crippen LogP) is 1.84. The summed E-state index contributed by atoms with van der Waals surface area (Å²) in [6, 6.07) is 3.14. The number of nitrogens with zero attached hydrogens (tertiary/aromatic N) is 2. The summed E-state index contributed by atoms with van der Waals surface area (Å²) in [5.41, 5.74) is 1.25. The summed E-state index contributed by atoms with van der Waals surface area (Å²) >= 11 is 0. The van der Waals surface area contributed by atoms with Crippen molar-refractivity contribution in [2.45, 2.75) is 25.8 Å². The van der Waals surface area contributed by atoms with E-state index < -0.39 is 16.0 Å². The first kappa shape index (κ1) is 16.0. The molecule has 0 aliphatic carbocycles. The number of sulfonamides is 1. The van der Waals surface area contributed by atoms with Crippen LogP contribution in [0.25, 0.3) is 0 Å². The van der Waals surface area contributed by atoms with Gasteiger partial charge in [-0.3, -0.25) is 4.72 Å². The molecule has 0 spiro atoms. The third-order valence-corrected chi connectivity index (χ3v) is 4.53. The highest BCUT2D eigenvalue weighted by atomic mass is 32.2. The summed E-state index contributed by atoms with van der Waals surface area (Å²) in [6.07, 6.45) is 1.38. The maximum Gasteiger partial charge on any atom is 0.337 e. The molecule has 0 aliphatic rings. The van der Waals surface area contributed by atoms with E-state index in [9.17, 15) is 18.3 Å². The predicted molar refractivity (Wildman–Crippen MR) is 81.6 cm³/mol. The molecule has 7 nitrogen and oxygen atoms in total. The van der Waals surface area contributed by atoms with Crippen LogP contribution < -0.4 is 4.72 Å². The number of aryl methyl sites for hydroxylation is 4. The van der Waals surface area contributed by atoms with Crippen molar-refractivity contribution >= 4 is 21.7 Å². The molecule has 1 aromatic carbocycles. The van der Waals surface area contributed by atoms with E-state index >= 15 is 0 Å². The molecule has 0 unspecified atom stereocenters. The van der Waals surface area contributed by atoms with Crippen molar-refractivity contribution in [1.82, 2.24) is 9.55 Å². The fourth-order valence-corrected chi connectivity index (χ4v) is 3.31. The number of nitrogens with one attached hydrogen (secondary N) is 1. The van der Waals surface area contributed by atoms with Crippen molar-refractivity contribution in [3.63, 3.8) is 0 Å². The van der Waals surface area contributed by atoms with Crippen LogP contribution in [0.15, 0.2) is 23.4 Å². The summed E-state index contributed by atoms with van der Waals surface area (Å²) in [4.78, 5) is 15.3. The summed E-state index contributed by atoms with van der Waals surface area (Å²) in [5, 5.41) is 9.13. The highest BCUT2D eigenvalue weighted by Crippen LogP contribution is 2.25. The Morgan fingerprint density at radius 1 is 1.27 bits per heavy atom. The number of carboxylic acids is 1. The number of carbonyl (C=O) groups is 1. The molecule has 0 aliphatic heterocycles. The van der Waals surface area contributed by atoms with Crippen molar-refractivity contribution in [1.29, 1.82) is 0 Å². The lowest BCUT2D eigenvalue weighted by atomic mass is 10.0. The first-order valence-corrected chi connectivity index (χ1v) is 7.97. The Kier molecular flexibility index (Phi) is 3.97. The van der Waals surface area contributed by atoms with Gasteiger partial charge in [0.05, 0.1) is 11.3 Å². The van der Waals surface area contributed by atoms with Gasteiger partial charge in [0, 0.05) is 13.2 Å². The van der Waals surface area contributed by atoms with E-state index in [4.69, 9.17) is 0 Å². The number of hydrogen-bond donors (Lipinski definition) is 2. The highest BCUT2D eigenvalue weighted by molar-refractivity contribution is 7.92. The quantitative estimate of drug-likeness (QED) is 0.894. The van der Waals surface area contributed by atoms with Gasteiger partial charge in [-0.15, -0.1) is 0 Å². The lowest BCUT2D eigenvalue weighted by Gasteiger charge is -2.13. The summed E-state index contributed by atoms with van der Waals surface area (Å²) < 4.78 is 28.7. The Morgan fingerprint density at radius 3 is 2.41 bits per heavy atom. The first-order chi connectivity index (χ1) is 10.1. The van der Waals surface area contributed by atoms with Crippen molar-refractivity contribution in [2.24, 2.45) is 7.05 Å². The molecule has 2 rings (SSSR count). The van der Waals surface area contributed by atoms with Crippen molar-refractivity contribution in [3.8, 4) is 0 Å². The molecule has 8 heteroatoms. The lowest BCUT2D eigenvalue weighted by molar-refractivity contribution is 0.0698. The maximum atomic E-state index is 12.4. The average Bonchev–Trinajstić information content (AvgIpc) is 2.73. The molecule has 0 amide bonds. The number of aromatic nitrogens is 2. The maximum absolute atomic E-state index is 12.4. The van der Waals surface area contributed by atoms with Gasteiger partial charge in [0.15, 0.2) is 5.03 Å². The van der Waals surface area contributed by atoms with Gasteiger partial charge in [-0.25, -0.2) is 9.78 Å². The zero-order chi connectivity index (χ0) is 16.7. The first-order valence-electron chi connectivity index (χ1n) is 6.49. The second kappa shape index (κ2) is 5.45. The van der Waals surface area contributed by atoms with Crippen LogP contribution >= 0.6 is 0 Å². The smallest absolute Gasteiger partial charge is 0.337 e. The van der Waals surface area contributed by atoms with Gasteiger partial charge in [-0.05, 0) is 38.0 Å². The van der Waals surface area contributed by atoms with Crippen LogP contribution in [0.1, 0.15) is 27.3 Å². The third-order valence-electron chi connectivity index (χ3n) is 3.31. The fraction of sp³-hybridized carbons (Fsp3) is 0.286. The Hall–Kier alpha value is -2.35. The second-order valence-electron chi connectivity index (χ2n) is 5.15. The number of aromatic carboxylic acids is 1. The van der Waals surface area contributed by atoms with Crippen LogP contribution in [0.5, 0.6) is 0 Å². The minimum absolute atomic E-state index is 0.0569.